The summed E-state index contributed by atoms with van der Waals surface area (Å²) in [4.78, 5) is 23.7. The highest BCUT2D eigenvalue weighted by Crippen LogP contribution is 2.26. The monoisotopic (exact) mass is 331 g/mol. The molecule has 19 heavy (non-hydrogen) atoms. The number of rotatable bonds is 5. The fourth-order valence-corrected chi connectivity index (χ4v) is 3.95. The summed E-state index contributed by atoms with van der Waals surface area (Å²) in [6.07, 6.45) is 1.92. The Hall–Kier alpha value is -0.900. The Morgan fingerprint density at radius 1 is 1.37 bits per heavy atom. The Bertz CT molecular complexity index is 567. The van der Waals surface area contributed by atoms with Crippen LogP contribution >= 0.6 is 46.2 Å². The van der Waals surface area contributed by atoms with Gasteiger partial charge in [0.25, 0.3) is 5.91 Å². The molecule has 2 amide bonds. The average Bonchev–Trinajstić information content (AvgIpc) is 3.07. The summed E-state index contributed by atoms with van der Waals surface area (Å²) in [6.45, 7) is 0. The van der Waals surface area contributed by atoms with E-state index < -0.39 is 0 Å². The zero-order valence-corrected chi connectivity index (χ0v) is 13.0. The fourth-order valence-electron chi connectivity index (χ4n) is 1.10. The number of nitrogens with zero attached hydrogens (tertiary/aromatic N) is 2. The van der Waals surface area contributed by atoms with Crippen molar-refractivity contribution in [2.24, 2.45) is 0 Å². The summed E-state index contributed by atoms with van der Waals surface area (Å²) in [5.41, 5.74) is 0. The lowest BCUT2D eigenvalue weighted by molar-refractivity contribution is -0.117. The number of imide groups is 1. The topological polar surface area (TPSA) is 72.0 Å². The number of thioether (sulfide) groups is 2. The lowest BCUT2D eigenvalue weighted by Crippen LogP contribution is -2.31. The van der Waals surface area contributed by atoms with Gasteiger partial charge in [-0.15, -0.1) is 21.5 Å². The third-order valence-electron chi connectivity index (χ3n) is 1.89. The van der Waals surface area contributed by atoms with Gasteiger partial charge in [0.05, 0.1) is 10.6 Å². The minimum Gasteiger partial charge on any atom is -0.291 e. The summed E-state index contributed by atoms with van der Waals surface area (Å²) in [5, 5.41) is 12.0. The van der Waals surface area contributed by atoms with E-state index >= 15 is 0 Å². The van der Waals surface area contributed by atoms with Gasteiger partial charge in [0.2, 0.25) is 5.91 Å². The van der Waals surface area contributed by atoms with Crippen molar-refractivity contribution in [3.05, 3.63) is 22.4 Å². The van der Waals surface area contributed by atoms with Gasteiger partial charge in [-0.2, -0.15) is 0 Å². The SMILES string of the molecule is CSc1nnc(SCC(=O)NC(=O)c2cccs2)s1. The smallest absolute Gasteiger partial charge is 0.267 e. The molecule has 1 N–H and O–H groups in total. The molecule has 0 saturated heterocycles. The Balaban J connectivity index is 1.80. The van der Waals surface area contributed by atoms with E-state index in [0.717, 1.165) is 8.68 Å². The number of aromatic nitrogens is 2. The van der Waals surface area contributed by atoms with Gasteiger partial charge in [-0.25, -0.2) is 0 Å². The third kappa shape index (κ3) is 4.30. The highest BCUT2D eigenvalue weighted by Gasteiger charge is 2.12. The Morgan fingerprint density at radius 3 is 2.79 bits per heavy atom. The van der Waals surface area contributed by atoms with Crippen LogP contribution in [0, 0.1) is 0 Å². The number of hydrogen-bond acceptors (Lipinski definition) is 8. The molecule has 100 valence electrons. The van der Waals surface area contributed by atoms with Crippen molar-refractivity contribution in [1.29, 1.82) is 0 Å². The van der Waals surface area contributed by atoms with Crippen molar-refractivity contribution < 1.29 is 9.59 Å². The predicted molar refractivity (Wildman–Crippen MR) is 79.2 cm³/mol. The first kappa shape index (κ1) is 14.5. The molecule has 0 aromatic carbocycles. The van der Waals surface area contributed by atoms with Crippen molar-refractivity contribution in [1.82, 2.24) is 15.5 Å². The van der Waals surface area contributed by atoms with Gasteiger partial charge in [-0.3, -0.25) is 14.9 Å². The average molecular weight is 331 g/mol. The van der Waals surface area contributed by atoms with E-state index in [-0.39, 0.29) is 17.6 Å². The van der Waals surface area contributed by atoms with E-state index in [4.69, 9.17) is 0 Å². The van der Waals surface area contributed by atoms with Crippen molar-refractivity contribution in [3.63, 3.8) is 0 Å². The number of thiophene rings is 1. The Kier molecular flexibility index (Phi) is 5.37. The predicted octanol–water partition coefficient (Wildman–Crippen LogP) is 2.37. The standard InChI is InChI=1S/C10H9N3O2S4/c1-16-9-12-13-10(19-9)18-5-7(14)11-8(15)6-3-2-4-17-6/h2-4H,5H2,1H3,(H,11,14,15). The van der Waals surface area contributed by atoms with Crippen LogP contribution in [0.25, 0.3) is 0 Å². The van der Waals surface area contributed by atoms with Gasteiger partial charge < -0.3 is 0 Å². The van der Waals surface area contributed by atoms with Gasteiger partial charge >= 0.3 is 0 Å². The van der Waals surface area contributed by atoms with Gasteiger partial charge in [-0.05, 0) is 17.7 Å². The molecule has 0 fully saturated rings. The minimum atomic E-state index is -0.359. The maximum Gasteiger partial charge on any atom is 0.267 e. The molecular weight excluding hydrogens is 322 g/mol. The molecule has 2 aromatic rings. The fraction of sp³-hybridized carbons (Fsp3) is 0.200. The molecule has 2 rings (SSSR count). The van der Waals surface area contributed by atoms with E-state index in [2.05, 4.69) is 15.5 Å². The quantitative estimate of drug-likeness (QED) is 0.848. The molecule has 9 heteroatoms. The van der Waals surface area contributed by atoms with Crippen LogP contribution in [0.1, 0.15) is 9.67 Å². The first-order valence-electron chi connectivity index (χ1n) is 5.07. The normalized spacial score (nSPS) is 10.4. The van der Waals surface area contributed by atoms with E-state index in [1.54, 1.807) is 17.5 Å². The van der Waals surface area contributed by atoms with E-state index in [9.17, 15) is 9.59 Å². The van der Waals surface area contributed by atoms with Crippen molar-refractivity contribution in [2.45, 2.75) is 8.68 Å². The third-order valence-corrected chi connectivity index (χ3v) is 5.79. The molecule has 2 heterocycles. The maximum absolute atomic E-state index is 11.6. The van der Waals surface area contributed by atoms with Gasteiger partial charge in [-0.1, -0.05) is 40.9 Å². The summed E-state index contributed by atoms with van der Waals surface area (Å²) >= 11 is 5.52. The molecule has 2 aromatic heterocycles. The van der Waals surface area contributed by atoms with E-state index in [1.165, 1.54) is 46.2 Å². The molecular formula is C10H9N3O2S4. The van der Waals surface area contributed by atoms with Crippen LogP contribution in [0.4, 0.5) is 0 Å². The lowest BCUT2D eigenvalue weighted by Gasteiger charge is -2.00. The van der Waals surface area contributed by atoms with Crippen LogP contribution in [-0.4, -0.2) is 34.0 Å². The summed E-state index contributed by atoms with van der Waals surface area (Å²) in [5.74, 6) is -0.535. The van der Waals surface area contributed by atoms with Crippen LogP contribution < -0.4 is 5.32 Å². The molecule has 0 aliphatic rings. The second-order valence-corrected chi connectivity index (χ2v) is 7.38. The zero-order chi connectivity index (χ0) is 13.7. The van der Waals surface area contributed by atoms with Crippen LogP contribution in [0.3, 0.4) is 0 Å². The molecule has 5 nitrogen and oxygen atoms in total. The number of amides is 2. The first-order valence-corrected chi connectivity index (χ1v) is 8.97. The van der Waals surface area contributed by atoms with Crippen LogP contribution in [-0.2, 0) is 4.79 Å². The second kappa shape index (κ2) is 7.04. The van der Waals surface area contributed by atoms with Crippen molar-refractivity contribution in [2.75, 3.05) is 12.0 Å². The molecule has 0 radical (unpaired) electrons. The van der Waals surface area contributed by atoms with E-state index in [1.807, 2.05) is 6.26 Å². The van der Waals surface area contributed by atoms with Crippen LogP contribution in [0.15, 0.2) is 26.2 Å². The molecule has 0 aliphatic carbocycles. The summed E-state index contributed by atoms with van der Waals surface area (Å²) in [6, 6.07) is 3.44. The minimum absolute atomic E-state index is 0.153. The second-order valence-electron chi connectivity index (χ2n) is 3.18. The van der Waals surface area contributed by atoms with Crippen molar-refractivity contribution >= 4 is 58.0 Å². The first-order chi connectivity index (χ1) is 9.19. The van der Waals surface area contributed by atoms with Crippen molar-refractivity contribution in [3.8, 4) is 0 Å². The maximum atomic E-state index is 11.6. The number of nitrogens with one attached hydrogen (secondary N) is 1. The number of carbonyl (C=O) groups excluding carboxylic acids is 2. The van der Waals surface area contributed by atoms with Gasteiger partial charge in [0.15, 0.2) is 8.68 Å². The number of carbonyl (C=O) groups is 2. The molecule has 0 spiro atoms. The largest absolute Gasteiger partial charge is 0.291 e. The van der Waals surface area contributed by atoms with Crippen LogP contribution in [0.5, 0.6) is 0 Å². The van der Waals surface area contributed by atoms with Crippen LogP contribution in [0.2, 0.25) is 0 Å². The highest BCUT2D eigenvalue weighted by atomic mass is 32.2. The van der Waals surface area contributed by atoms with Gasteiger partial charge in [0.1, 0.15) is 0 Å². The Morgan fingerprint density at radius 2 is 2.16 bits per heavy atom. The molecule has 0 saturated carbocycles. The molecule has 0 unspecified atom stereocenters. The van der Waals surface area contributed by atoms with E-state index in [0.29, 0.717) is 4.88 Å². The summed E-state index contributed by atoms with van der Waals surface area (Å²) in [7, 11) is 0. The zero-order valence-electron chi connectivity index (χ0n) is 9.78. The molecule has 0 bridgehead atoms. The Labute approximate surface area is 126 Å². The molecule has 0 aliphatic heterocycles. The number of hydrogen-bond donors (Lipinski definition) is 1. The van der Waals surface area contributed by atoms with Gasteiger partial charge in [0, 0.05) is 0 Å². The highest BCUT2D eigenvalue weighted by molar-refractivity contribution is 8.03. The lowest BCUT2D eigenvalue weighted by atomic mass is 10.4. The molecule has 0 atom stereocenters. The summed E-state index contributed by atoms with van der Waals surface area (Å²) < 4.78 is 1.58.